The van der Waals surface area contributed by atoms with Gasteiger partial charge in [-0.15, -0.1) is 0 Å². The summed E-state index contributed by atoms with van der Waals surface area (Å²) in [6.45, 7) is 4.69. The van der Waals surface area contributed by atoms with E-state index >= 15 is 0 Å². The first kappa shape index (κ1) is 12.6. The Hall–Kier alpha value is -1.88. The first-order valence-electron chi connectivity index (χ1n) is 5.97. The molecule has 0 spiro atoms. The van der Waals surface area contributed by atoms with Crippen molar-refractivity contribution in [3.63, 3.8) is 0 Å². The minimum atomic E-state index is 0.293. The molecule has 5 nitrogen and oxygen atoms in total. The molecule has 0 amide bonds. The molecule has 2 rings (SSSR count). The van der Waals surface area contributed by atoms with Gasteiger partial charge in [-0.05, 0) is 12.5 Å². The summed E-state index contributed by atoms with van der Waals surface area (Å²) in [6, 6.07) is 5.91. The number of para-hydroxylation sites is 1. The summed E-state index contributed by atoms with van der Waals surface area (Å²) in [5.74, 6) is 1.98. The van der Waals surface area contributed by atoms with Crippen LogP contribution in [0.15, 0.2) is 22.7 Å². The van der Waals surface area contributed by atoms with Gasteiger partial charge in [0.05, 0.1) is 0 Å². The molecule has 18 heavy (non-hydrogen) atoms. The molecule has 0 aliphatic carbocycles. The minimum absolute atomic E-state index is 0.293. The van der Waals surface area contributed by atoms with Crippen molar-refractivity contribution in [2.24, 2.45) is 5.73 Å². The number of aryl methyl sites for hydroxylation is 2. The predicted molar refractivity (Wildman–Crippen MR) is 67.1 cm³/mol. The van der Waals surface area contributed by atoms with Gasteiger partial charge < -0.3 is 15.0 Å². The Labute approximate surface area is 106 Å². The molecule has 0 aliphatic rings. The summed E-state index contributed by atoms with van der Waals surface area (Å²) in [4.78, 5) is 4.19. The predicted octanol–water partition coefficient (Wildman–Crippen LogP) is 1.98. The molecule has 0 atom stereocenters. The highest BCUT2D eigenvalue weighted by Crippen LogP contribution is 2.23. The van der Waals surface area contributed by atoms with Crippen LogP contribution < -0.4 is 10.5 Å². The molecule has 5 heteroatoms. The van der Waals surface area contributed by atoms with Gasteiger partial charge in [-0.2, -0.15) is 4.98 Å². The van der Waals surface area contributed by atoms with E-state index in [0.717, 1.165) is 23.3 Å². The SMILES string of the molecule is CCc1nc(COc2c(C)cccc2CN)no1. The van der Waals surface area contributed by atoms with Gasteiger partial charge in [0.1, 0.15) is 5.75 Å². The van der Waals surface area contributed by atoms with Crippen LogP contribution in [0.3, 0.4) is 0 Å². The van der Waals surface area contributed by atoms with Crippen LogP contribution >= 0.6 is 0 Å². The van der Waals surface area contributed by atoms with Gasteiger partial charge in [0.2, 0.25) is 11.7 Å². The molecule has 2 N–H and O–H groups in total. The van der Waals surface area contributed by atoms with E-state index in [1.807, 2.05) is 32.0 Å². The normalized spacial score (nSPS) is 10.6. The van der Waals surface area contributed by atoms with Gasteiger partial charge in [-0.3, -0.25) is 0 Å². The Morgan fingerprint density at radius 2 is 2.22 bits per heavy atom. The maximum absolute atomic E-state index is 5.74. The number of hydrogen-bond acceptors (Lipinski definition) is 5. The number of rotatable bonds is 5. The van der Waals surface area contributed by atoms with Crippen LogP contribution in [0.4, 0.5) is 0 Å². The number of benzene rings is 1. The Bertz CT molecular complexity index is 523. The van der Waals surface area contributed by atoms with E-state index in [9.17, 15) is 0 Å². The zero-order chi connectivity index (χ0) is 13.0. The average molecular weight is 247 g/mol. The van der Waals surface area contributed by atoms with Crippen molar-refractivity contribution in [1.29, 1.82) is 0 Å². The smallest absolute Gasteiger partial charge is 0.226 e. The van der Waals surface area contributed by atoms with Gasteiger partial charge >= 0.3 is 0 Å². The van der Waals surface area contributed by atoms with Crippen molar-refractivity contribution in [1.82, 2.24) is 10.1 Å². The van der Waals surface area contributed by atoms with Gasteiger partial charge in [-0.25, -0.2) is 0 Å². The van der Waals surface area contributed by atoms with Crippen molar-refractivity contribution in [2.75, 3.05) is 0 Å². The lowest BCUT2D eigenvalue weighted by molar-refractivity contribution is 0.281. The van der Waals surface area contributed by atoms with E-state index < -0.39 is 0 Å². The third-order valence-corrected chi connectivity index (χ3v) is 2.67. The van der Waals surface area contributed by atoms with Gasteiger partial charge in [0.25, 0.3) is 0 Å². The zero-order valence-electron chi connectivity index (χ0n) is 10.6. The van der Waals surface area contributed by atoms with E-state index in [-0.39, 0.29) is 0 Å². The van der Waals surface area contributed by atoms with Crippen molar-refractivity contribution in [3.05, 3.63) is 41.0 Å². The number of aromatic nitrogens is 2. The summed E-state index contributed by atoms with van der Waals surface area (Å²) in [5.41, 5.74) is 7.72. The third kappa shape index (κ3) is 2.68. The lowest BCUT2D eigenvalue weighted by Gasteiger charge is -2.11. The standard InChI is InChI=1S/C13H17N3O2/c1-3-12-15-11(16-18-12)8-17-13-9(2)5-4-6-10(13)7-14/h4-6H,3,7-8,14H2,1-2H3. The number of nitrogens with two attached hydrogens (primary N) is 1. The van der Waals surface area contributed by atoms with Crippen LogP contribution in [0, 0.1) is 6.92 Å². The molecule has 0 bridgehead atoms. The van der Waals surface area contributed by atoms with E-state index in [1.165, 1.54) is 0 Å². The van der Waals surface area contributed by atoms with Crippen molar-refractivity contribution >= 4 is 0 Å². The molecule has 2 aromatic rings. The average Bonchev–Trinajstić information content (AvgIpc) is 2.85. The Kier molecular flexibility index (Phi) is 3.94. The first-order valence-corrected chi connectivity index (χ1v) is 5.97. The highest BCUT2D eigenvalue weighted by molar-refractivity contribution is 5.40. The summed E-state index contributed by atoms with van der Waals surface area (Å²) < 4.78 is 10.8. The zero-order valence-corrected chi connectivity index (χ0v) is 10.6. The molecule has 96 valence electrons. The third-order valence-electron chi connectivity index (χ3n) is 2.67. The fourth-order valence-corrected chi connectivity index (χ4v) is 1.71. The lowest BCUT2D eigenvalue weighted by atomic mass is 10.1. The molecule has 1 aromatic heterocycles. The fraction of sp³-hybridized carbons (Fsp3) is 0.385. The summed E-state index contributed by atoms with van der Waals surface area (Å²) in [6.07, 6.45) is 0.728. The van der Waals surface area contributed by atoms with Crippen molar-refractivity contribution in [3.8, 4) is 5.75 Å². The largest absolute Gasteiger partial charge is 0.485 e. The molecule has 0 fully saturated rings. The Morgan fingerprint density at radius 1 is 1.39 bits per heavy atom. The molecular formula is C13H17N3O2. The first-order chi connectivity index (χ1) is 8.74. The topological polar surface area (TPSA) is 74.2 Å². The monoisotopic (exact) mass is 247 g/mol. The van der Waals surface area contributed by atoms with Gasteiger partial charge in [0, 0.05) is 18.5 Å². The van der Waals surface area contributed by atoms with E-state index in [1.54, 1.807) is 0 Å². The molecule has 0 saturated heterocycles. The maximum atomic E-state index is 5.74. The Morgan fingerprint density at radius 3 is 2.89 bits per heavy atom. The van der Waals surface area contributed by atoms with E-state index in [2.05, 4.69) is 10.1 Å². The summed E-state index contributed by atoms with van der Waals surface area (Å²) in [7, 11) is 0. The molecule has 1 aromatic carbocycles. The van der Waals surface area contributed by atoms with Crippen LogP contribution in [0.2, 0.25) is 0 Å². The van der Waals surface area contributed by atoms with Crippen LogP contribution in [0.25, 0.3) is 0 Å². The summed E-state index contributed by atoms with van der Waals surface area (Å²) in [5, 5.41) is 3.84. The van der Waals surface area contributed by atoms with Crippen molar-refractivity contribution < 1.29 is 9.26 Å². The van der Waals surface area contributed by atoms with E-state index in [4.69, 9.17) is 15.0 Å². The van der Waals surface area contributed by atoms with Crippen LogP contribution in [-0.2, 0) is 19.6 Å². The lowest BCUT2D eigenvalue weighted by Crippen LogP contribution is -2.05. The van der Waals surface area contributed by atoms with Gasteiger partial charge in [-0.1, -0.05) is 30.3 Å². The van der Waals surface area contributed by atoms with Crippen LogP contribution in [-0.4, -0.2) is 10.1 Å². The van der Waals surface area contributed by atoms with Crippen molar-refractivity contribution in [2.45, 2.75) is 33.4 Å². The second-order valence-corrected chi connectivity index (χ2v) is 4.01. The van der Waals surface area contributed by atoms with E-state index in [0.29, 0.717) is 24.9 Å². The molecule has 0 aliphatic heterocycles. The fourth-order valence-electron chi connectivity index (χ4n) is 1.71. The molecule has 0 saturated carbocycles. The number of ether oxygens (including phenoxy) is 1. The molecular weight excluding hydrogens is 230 g/mol. The second kappa shape index (κ2) is 5.64. The maximum Gasteiger partial charge on any atom is 0.226 e. The highest BCUT2D eigenvalue weighted by atomic mass is 16.5. The Balaban J connectivity index is 2.10. The van der Waals surface area contributed by atoms with Crippen LogP contribution in [0.5, 0.6) is 5.75 Å². The van der Waals surface area contributed by atoms with Gasteiger partial charge in [0.15, 0.2) is 6.61 Å². The highest BCUT2D eigenvalue weighted by Gasteiger charge is 2.09. The molecule has 1 heterocycles. The molecule has 0 unspecified atom stereocenters. The summed E-state index contributed by atoms with van der Waals surface area (Å²) >= 11 is 0. The quantitative estimate of drug-likeness (QED) is 0.874. The molecule has 0 radical (unpaired) electrons. The number of hydrogen-bond donors (Lipinski definition) is 1. The minimum Gasteiger partial charge on any atom is -0.485 e. The number of nitrogens with zero attached hydrogens (tertiary/aromatic N) is 2. The van der Waals surface area contributed by atoms with Crippen LogP contribution in [0.1, 0.15) is 29.8 Å². The second-order valence-electron chi connectivity index (χ2n) is 4.01.